The zero-order chi connectivity index (χ0) is 11.5. The van der Waals surface area contributed by atoms with E-state index in [1.165, 1.54) is 12.6 Å². The Hall–Kier alpha value is -1.32. The molecule has 0 spiro atoms. The average molecular weight is 212 g/mol. The smallest absolute Gasteiger partial charge is 0.289 e. The Balaban J connectivity index is 0.000000583. The van der Waals surface area contributed by atoms with E-state index in [4.69, 9.17) is 0 Å². The SMILES string of the molecule is CCC.CCCCNC(=O)c1ccno1. The maximum absolute atomic E-state index is 11.1. The zero-order valence-electron chi connectivity index (χ0n) is 9.75. The first-order valence-electron chi connectivity index (χ1n) is 5.45. The Labute approximate surface area is 91.0 Å². The lowest BCUT2D eigenvalue weighted by Crippen LogP contribution is -2.23. The molecule has 1 heterocycles. The third-order valence-corrected chi connectivity index (χ3v) is 1.48. The van der Waals surface area contributed by atoms with Gasteiger partial charge in [0.2, 0.25) is 5.76 Å². The number of hydrogen-bond acceptors (Lipinski definition) is 3. The molecule has 0 aliphatic carbocycles. The van der Waals surface area contributed by atoms with E-state index in [-0.39, 0.29) is 11.7 Å². The summed E-state index contributed by atoms with van der Waals surface area (Å²) in [4.78, 5) is 11.1. The van der Waals surface area contributed by atoms with Crippen LogP contribution in [0.1, 0.15) is 50.6 Å². The minimum absolute atomic E-state index is 0.194. The summed E-state index contributed by atoms with van der Waals surface area (Å²) in [5.41, 5.74) is 0. The summed E-state index contributed by atoms with van der Waals surface area (Å²) in [6.45, 7) is 7.01. The molecule has 0 radical (unpaired) electrons. The average Bonchev–Trinajstić information content (AvgIpc) is 2.72. The van der Waals surface area contributed by atoms with Gasteiger partial charge in [-0.15, -0.1) is 0 Å². The monoisotopic (exact) mass is 212 g/mol. The van der Waals surface area contributed by atoms with Gasteiger partial charge in [0.25, 0.3) is 5.91 Å². The molecule has 0 aromatic carbocycles. The van der Waals surface area contributed by atoms with Gasteiger partial charge in [0.05, 0.1) is 6.20 Å². The molecule has 0 atom stereocenters. The molecular weight excluding hydrogens is 192 g/mol. The Kier molecular flexibility index (Phi) is 8.43. The largest absolute Gasteiger partial charge is 0.351 e. The normalized spacial score (nSPS) is 9.00. The maximum atomic E-state index is 11.1. The van der Waals surface area contributed by atoms with Crippen molar-refractivity contribution in [2.24, 2.45) is 0 Å². The first kappa shape index (κ1) is 13.7. The zero-order valence-corrected chi connectivity index (χ0v) is 9.75. The van der Waals surface area contributed by atoms with Crippen LogP contribution in [0.2, 0.25) is 0 Å². The second-order valence-electron chi connectivity index (χ2n) is 3.19. The van der Waals surface area contributed by atoms with Crippen LogP contribution in [-0.2, 0) is 0 Å². The second-order valence-corrected chi connectivity index (χ2v) is 3.19. The van der Waals surface area contributed by atoms with Gasteiger partial charge in [-0.3, -0.25) is 4.79 Å². The van der Waals surface area contributed by atoms with Crippen molar-refractivity contribution in [3.8, 4) is 0 Å². The van der Waals surface area contributed by atoms with Gasteiger partial charge in [0.15, 0.2) is 0 Å². The highest BCUT2D eigenvalue weighted by Crippen LogP contribution is 1.95. The van der Waals surface area contributed by atoms with Crippen molar-refractivity contribution >= 4 is 5.91 Å². The van der Waals surface area contributed by atoms with Gasteiger partial charge in [-0.1, -0.05) is 38.8 Å². The lowest BCUT2D eigenvalue weighted by atomic mass is 10.3. The van der Waals surface area contributed by atoms with Crippen molar-refractivity contribution in [3.63, 3.8) is 0 Å². The molecule has 86 valence electrons. The van der Waals surface area contributed by atoms with E-state index in [9.17, 15) is 4.79 Å². The van der Waals surface area contributed by atoms with Crippen molar-refractivity contribution in [2.75, 3.05) is 6.54 Å². The van der Waals surface area contributed by atoms with Crippen LogP contribution < -0.4 is 5.32 Å². The number of rotatable bonds is 4. The summed E-state index contributed by atoms with van der Waals surface area (Å²) in [7, 11) is 0. The van der Waals surface area contributed by atoms with Crippen molar-refractivity contribution in [1.29, 1.82) is 0 Å². The predicted octanol–water partition coefficient (Wildman–Crippen LogP) is 2.62. The number of nitrogens with zero attached hydrogens (tertiary/aromatic N) is 1. The summed E-state index contributed by atoms with van der Waals surface area (Å²) in [5, 5.41) is 6.15. The van der Waals surface area contributed by atoms with Crippen LogP contribution in [0.25, 0.3) is 0 Å². The van der Waals surface area contributed by atoms with Gasteiger partial charge >= 0.3 is 0 Å². The molecule has 0 aliphatic rings. The molecule has 1 aromatic heterocycles. The van der Waals surface area contributed by atoms with E-state index in [0.29, 0.717) is 6.54 Å². The van der Waals surface area contributed by atoms with E-state index in [2.05, 4.69) is 35.8 Å². The third-order valence-electron chi connectivity index (χ3n) is 1.48. The number of unbranched alkanes of at least 4 members (excludes halogenated alkanes) is 1. The first-order valence-corrected chi connectivity index (χ1v) is 5.45. The fourth-order valence-corrected chi connectivity index (χ4v) is 0.799. The molecule has 1 rings (SSSR count). The predicted molar refractivity (Wildman–Crippen MR) is 59.7 cm³/mol. The van der Waals surface area contributed by atoms with E-state index in [1.807, 2.05) is 0 Å². The Bertz CT molecular complexity index is 245. The Morgan fingerprint density at radius 3 is 2.60 bits per heavy atom. The molecule has 1 amide bonds. The molecule has 4 heteroatoms. The van der Waals surface area contributed by atoms with E-state index >= 15 is 0 Å². The fraction of sp³-hybridized carbons (Fsp3) is 0.636. The number of carbonyl (C=O) groups excluding carboxylic acids is 1. The highest BCUT2D eigenvalue weighted by molar-refractivity contribution is 5.91. The Morgan fingerprint density at radius 2 is 2.13 bits per heavy atom. The molecule has 0 saturated carbocycles. The lowest BCUT2D eigenvalue weighted by molar-refractivity contribution is 0.0916. The van der Waals surface area contributed by atoms with Gasteiger partial charge < -0.3 is 9.84 Å². The van der Waals surface area contributed by atoms with Crippen LogP contribution in [0.4, 0.5) is 0 Å². The minimum atomic E-state index is -0.194. The Morgan fingerprint density at radius 1 is 1.47 bits per heavy atom. The summed E-state index contributed by atoms with van der Waals surface area (Å²) in [6, 6.07) is 1.54. The maximum Gasteiger partial charge on any atom is 0.289 e. The number of amides is 1. The van der Waals surface area contributed by atoms with Gasteiger partial charge in [0, 0.05) is 12.6 Å². The molecule has 4 nitrogen and oxygen atoms in total. The van der Waals surface area contributed by atoms with Crippen molar-refractivity contribution < 1.29 is 9.32 Å². The standard InChI is InChI=1S/C8H12N2O2.C3H8/c1-2-3-5-9-8(11)7-4-6-10-12-7;1-3-2/h4,6H,2-3,5H2,1H3,(H,9,11);3H2,1-2H3. The van der Waals surface area contributed by atoms with E-state index in [1.54, 1.807) is 6.07 Å². The van der Waals surface area contributed by atoms with Crippen molar-refractivity contribution in [2.45, 2.75) is 40.0 Å². The molecule has 0 unspecified atom stereocenters. The molecule has 15 heavy (non-hydrogen) atoms. The number of hydrogen-bond donors (Lipinski definition) is 1. The molecule has 1 aromatic rings. The summed E-state index contributed by atoms with van der Waals surface area (Å²) >= 11 is 0. The number of nitrogens with one attached hydrogen (secondary N) is 1. The molecule has 0 bridgehead atoms. The van der Waals surface area contributed by atoms with Crippen LogP contribution >= 0.6 is 0 Å². The van der Waals surface area contributed by atoms with Crippen LogP contribution in [0, 0.1) is 0 Å². The fourth-order valence-electron chi connectivity index (χ4n) is 0.799. The summed E-state index contributed by atoms with van der Waals surface area (Å²) < 4.78 is 4.66. The lowest BCUT2D eigenvalue weighted by Gasteiger charge is -1.99. The van der Waals surface area contributed by atoms with Crippen LogP contribution in [0.15, 0.2) is 16.8 Å². The molecular formula is C11H20N2O2. The summed E-state index contributed by atoms with van der Waals surface area (Å²) in [6.07, 6.45) is 4.76. The van der Waals surface area contributed by atoms with Gasteiger partial charge in [-0.2, -0.15) is 0 Å². The number of carbonyl (C=O) groups is 1. The number of aromatic nitrogens is 1. The topological polar surface area (TPSA) is 55.1 Å². The van der Waals surface area contributed by atoms with Gasteiger partial charge in [-0.25, -0.2) is 0 Å². The van der Waals surface area contributed by atoms with Gasteiger partial charge in [0.1, 0.15) is 0 Å². The summed E-state index contributed by atoms with van der Waals surface area (Å²) in [5.74, 6) is 0.0760. The van der Waals surface area contributed by atoms with E-state index < -0.39 is 0 Å². The molecule has 0 fully saturated rings. The molecule has 0 saturated heterocycles. The van der Waals surface area contributed by atoms with Crippen LogP contribution in [-0.4, -0.2) is 17.6 Å². The van der Waals surface area contributed by atoms with Crippen molar-refractivity contribution in [3.05, 3.63) is 18.0 Å². The quantitative estimate of drug-likeness (QED) is 0.780. The molecule has 0 aliphatic heterocycles. The minimum Gasteiger partial charge on any atom is -0.351 e. The third kappa shape index (κ3) is 6.71. The van der Waals surface area contributed by atoms with E-state index in [0.717, 1.165) is 12.8 Å². The highest BCUT2D eigenvalue weighted by atomic mass is 16.5. The highest BCUT2D eigenvalue weighted by Gasteiger charge is 2.07. The second kappa shape index (κ2) is 9.24. The van der Waals surface area contributed by atoms with Crippen LogP contribution in [0.3, 0.4) is 0 Å². The van der Waals surface area contributed by atoms with Gasteiger partial charge in [-0.05, 0) is 6.42 Å². The van der Waals surface area contributed by atoms with Crippen LogP contribution in [0.5, 0.6) is 0 Å². The molecule has 1 N–H and O–H groups in total. The first-order chi connectivity index (χ1) is 7.26. The van der Waals surface area contributed by atoms with Crippen molar-refractivity contribution in [1.82, 2.24) is 10.5 Å².